The Morgan fingerprint density at radius 3 is 2.54 bits per heavy atom. The maximum atomic E-state index is 13.3. The number of carbonyl (C=O) groups is 2. The van der Waals surface area contributed by atoms with Crippen molar-refractivity contribution in [3.8, 4) is 5.75 Å². The number of anilines is 2. The fourth-order valence-corrected chi connectivity index (χ4v) is 4.36. The van der Waals surface area contributed by atoms with Crippen LogP contribution in [0.5, 0.6) is 5.75 Å². The molecule has 10 nitrogen and oxygen atoms in total. The van der Waals surface area contributed by atoms with E-state index in [4.69, 9.17) is 25.6 Å². The molecule has 1 heterocycles. The van der Waals surface area contributed by atoms with Gasteiger partial charge in [-0.15, -0.1) is 12.4 Å². The van der Waals surface area contributed by atoms with Gasteiger partial charge in [-0.3, -0.25) is 15.1 Å². The second-order valence-electron chi connectivity index (χ2n) is 9.17. The predicted molar refractivity (Wildman–Crippen MR) is 163 cm³/mol. The highest BCUT2D eigenvalue weighted by molar-refractivity contribution is 5.95. The lowest BCUT2D eigenvalue weighted by molar-refractivity contribution is -0.142. The van der Waals surface area contributed by atoms with Crippen molar-refractivity contribution in [2.45, 2.75) is 40.2 Å². The van der Waals surface area contributed by atoms with Crippen molar-refractivity contribution in [2.24, 2.45) is 5.73 Å². The summed E-state index contributed by atoms with van der Waals surface area (Å²) in [6.07, 6.45) is 0.233. The molecule has 0 unspecified atom stereocenters. The van der Waals surface area contributed by atoms with Gasteiger partial charge in [-0.25, -0.2) is 9.78 Å². The van der Waals surface area contributed by atoms with Gasteiger partial charge >= 0.3 is 12.1 Å². The number of ether oxygens (including phenoxy) is 2. The summed E-state index contributed by atoms with van der Waals surface area (Å²) in [5, 5.41) is 11.1. The van der Waals surface area contributed by atoms with Gasteiger partial charge in [0, 0.05) is 29.0 Å². The Labute approximate surface area is 245 Å². The second-order valence-corrected chi connectivity index (χ2v) is 9.17. The number of aromatic amines is 1. The van der Waals surface area contributed by atoms with Gasteiger partial charge in [0.15, 0.2) is 0 Å². The number of amidine groups is 1. The SMILES string of the molecule is CCOC(=O)CCN(C(=O)Oc1ccc2[nH]c(CNc3ccc(C(=N)N)cc3CC)nc2c1C)c1ccccc1.Cl. The smallest absolute Gasteiger partial charge is 0.419 e. The molecular weight excluding hydrogens is 544 g/mol. The van der Waals surface area contributed by atoms with Crippen LogP contribution in [0.15, 0.2) is 60.7 Å². The van der Waals surface area contributed by atoms with Gasteiger partial charge < -0.3 is 25.5 Å². The molecule has 5 N–H and O–H groups in total. The highest BCUT2D eigenvalue weighted by Crippen LogP contribution is 2.28. The zero-order valence-electron chi connectivity index (χ0n) is 23.3. The molecule has 216 valence electrons. The number of aryl methyl sites for hydroxylation is 2. The van der Waals surface area contributed by atoms with Crippen molar-refractivity contribution in [3.05, 3.63) is 83.2 Å². The zero-order chi connectivity index (χ0) is 28.6. The van der Waals surface area contributed by atoms with Crippen LogP contribution in [0, 0.1) is 12.3 Å². The third kappa shape index (κ3) is 7.55. The molecule has 0 spiro atoms. The Morgan fingerprint density at radius 1 is 1.10 bits per heavy atom. The van der Waals surface area contributed by atoms with Crippen molar-refractivity contribution >= 4 is 52.7 Å². The molecule has 0 fully saturated rings. The molecule has 0 aliphatic rings. The first-order chi connectivity index (χ1) is 19.3. The average Bonchev–Trinajstić information content (AvgIpc) is 3.38. The van der Waals surface area contributed by atoms with Gasteiger partial charge in [0.1, 0.15) is 17.4 Å². The second kappa shape index (κ2) is 14.2. The molecule has 0 aliphatic carbocycles. The quantitative estimate of drug-likeness (QED) is 0.101. The number of nitrogens with zero attached hydrogens (tertiary/aromatic N) is 2. The molecule has 0 atom stereocenters. The summed E-state index contributed by atoms with van der Waals surface area (Å²) in [6, 6.07) is 18.3. The first-order valence-electron chi connectivity index (χ1n) is 13.2. The highest BCUT2D eigenvalue weighted by atomic mass is 35.5. The van der Waals surface area contributed by atoms with Gasteiger partial charge in [0.25, 0.3) is 0 Å². The number of amides is 1. The Bertz CT molecular complexity index is 1520. The number of hydrogen-bond acceptors (Lipinski definition) is 7. The Morgan fingerprint density at radius 2 is 1.85 bits per heavy atom. The Kier molecular flexibility index (Phi) is 10.7. The minimum Gasteiger partial charge on any atom is -0.466 e. The Hall–Kier alpha value is -4.57. The lowest BCUT2D eigenvalue weighted by Gasteiger charge is -2.22. The lowest BCUT2D eigenvalue weighted by Crippen LogP contribution is -2.35. The molecule has 0 aliphatic heterocycles. The third-order valence-electron chi connectivity index (χ3n) is 6.48. The van der Waals surface area contributed by atoms with E-state index in [2.05, 4.69) is 10.3 Å². The van der Waals surface area contributed by atoms with E-state index < -0.39 is 6.09 Å². The zero-order valence-corrected chi connectivity index (χ0v) is 24.1. The van der Waals surface area contributed by atoms with Gasteiger partial charge in [0.2, 0.25) is 0 Å². The first-order valence-corrected chi connectivity index (χ1v) is 13.2. The van der Waals surface area contributed by atoms with Crippen LogP contribution in [0.1, 0.15) is 42.8 Å². The molecule has 1 amide bonds. The molecule has 0 saturated carbocycles. The number of rotatable bonds is 11. The maximum absolute atomic E-state index is 13.3. The molecule has 1 aromatic heterocycles. The number of imidazole rings is 1. The van der Waals surface area contributed by atoms with Crippen molar-refractivity contribution < 1.29 is 19.1 Å². The van der Waals surface area contributed by atoms with E-state index in [1.807, 2.05) is 56.3 Å². The molecule has 41 heavy (non-hydrogen) atoms. The summed E-state index contributed by atoms with van der Waals surface area (Å²) in [7, 11) is 0. The van der Waals surface area contributed by atoms with Crippen molar-refractivity contribution in [2.75, 3.05) is 23.4 Å². The van der Waals surface area contributed by atoms with Gasteiger partial charge in [-0.1, -0.05) is 25.1 Å². The number of hydrogen-bond donors (Lipinski definition) is 4. The van der Waals surface area contributed by atoms with E-state index in [0.29, 0.717) is 34.6 Å². The van der Waals surface area contributed by atoms with Crippen LogP contribution in [0.4, 0.5) is 16.2 Å². The molecule has 4 aromatic rings. The van der Waals surface area contributed by atoms with Crippen LogP contribution >= 0.6 is 12.4 Å². The number of para-hydroxylation sites is 1. The van der Waals surface area contributed by atoms with E-state index in [1.54, 1.807) is 25.1 Å². The van der Waals surface area contributed by atoms with Crippen LogP contribution in [0.3, 0.4) is 0 Å². The summed E-state index contributed by atoms with van der Waals surface area (Å²) >= 11 is 0. The van der Waals surface area contributed by atoms with Crippen LogP contribution in [0.2, 0.25) is 0 Å². The highest BCUT2D eigenvalue weighted by Gasteiger charge is 2.21. The molecule has 4 rings (SSSR count). The van der Waals surface area contributed by atoms with Crippen molar-refractivity contribution in [1.29, 1.82) is 5.41 Å². The predicted octanol–water partition coefficient (Wildman–Crippen LogP) is 5.71. The average molecular weight is 579 g/mol. The van der Waals surface area contributed by atoms with Gasteiger partial charge in [0.05, 0.1) is 30.6 Å². The Balaban J connectivity index is 0.00000462. The van der Waals surface area contributed by atoms with Crippen LogP contribution in [-0.4, -0.2) is 41.0 Å². The topological polar surface area (TPSA) is 146 Å². The number of aromatic nitrogens is 2. The standard InChI is InChI=1S/C30H34N6O4.ClH/c1-4-20-17-21(29(31)32)11-12-23(20)33-18-26-34-24-13-14-25(19(3)28(24)35-26)40-30(38)36(16-15-27(37)39-5-2)22-9-7-6-8-10-22;/h6-14,17,33H,4-5,15-16,18H2,1-3H3,(H3,31,32)(H,34,35);1H. The van der Waals surface area contributed by atoms with Gasteiger partial charge in [-0.2, -0.15) is 0 Å². The van der Waals surface area contributed by atoms with E-state index in [1.165, 1.54) is 4.90 Å². The minimum atomic E-state index is -0.600. The summed E-state index contributed by atoms with van der Waals surface area (Å²) in [4.78, 5) is 34.7. The molecule has 0 saturated heterocycles. The largest absolute Gasteiger partial charge is 0.466 e. The molecule has 11 heteroatoms. The molecule has 3 aromatic carbocycles. The van der Waals surface area contributed by atoms with Crippen LogP contribution in [0.25, 0.3) is 11.0 Å². The normalized spacial score (nSPS) is 10.5. The van der Waals surface area contributed by atoms with Gasteiger partial charge in [-0.05, 0) is 68.3 Å². The maximum Gasteiger partial charge on any atom is 0.419 e. The van der Waals surface area contributed by atoms with Crippen molar-refractivity contribution in [3.63, 3.8) is 0 Å². The summed E-state index contributed by atoms with van der Waals surface area (Å²) in [5.41, 5.74) is 11.2. The summed E-state index contributed by atoms with van der Waals surface area (Å²) in [5.74, 6) is 0.761. The van der Waals surface area contributed by atoms with Crippen LogP contribution in [-0.2, 0) is 22.5 Å². The number of halogens is 1. The number of esters is 1. The number of carbonyl (C=O) groups excluding carboxylic acids is 2. The minimum absolute atomic E-state index is 0. The fourth-order valence-electron chi connectivity index (χ4n) is 4.36. The molecule has 0 radical (unpaired) electrons. The third-order valence-corrected chi connectivity index (χ3v) is 6.48. The van der Waals surface area contributed by atoms with E-state index in [9.17, 15) is 9.59 Å². The van der Waals surface area contributed by atoms with E-state index >= 15 is 0 Å². The monoisotopic (exact) mass is 578 g/mol. The van der Waals surface area contributed by atoms with Crippen molar-refractivity contribution in [1.82, 2.24) is 9.97 Å². The number of nitrogen functional groups attached to an aromatic ring is 1. The van der Waals surface area contributed by atoms with Crippen LogP contribution < -0.4 is 20.7 Å². The lowest BCUT2D eigenvalue weighted by atomic mass is 10.1. The van der Waals surface area contributed by atoms with E-state index in [0.717, 1.165) is 29.0 Å². The number of nitrogens with one attached hydrogen (secondary N) is 3. The molecular formula is C30H35ClN6O4. The number of H-pyrrole nitrogens is 1. The molecule has 0 bridgehead atoms. The number of fused-ring (bicyclic) bond motifs is 1. The number of nitrogens with two attached hydrogens (primary N) is 1. The summed E-state index contributed by atoms with van der Waals surface area (Å²) < 4.78 is 10.8. The van der Waals surface area contributed by atoms with E-state index in [-0.39, 0.29) is 43.8 Å². The summed E-state index contributed by atoms with van der Waals surface area (Å²) in [6.45, 7) is 6.49. The number of benzene rings is 3. The fraction of sp³-hybridized carbons (Fsp3) is 0.267. The first kappa shape index (κ1) is 31.0.